The van der Waals surface area contributed by atoms with Crippen molar-refractivity contribution in [1.29, 1.82) is 0 Å². The Hall–Kier alpha value is -2.04. The van der Waals surface area contributed by atoms with Crippen LogP contribution in [0.4, 0.5) is 0 Å². The van der Waals surface area contributed by atoms with Crippen LogP contribution in [0.5, 0.6) is 11.5 Å². The van der Waals surface area contributed by atoms with Gasteiger partial charge < -0.3 is 14.9 Å². The molecule has 0 saturated carbocycles. The first-order valence-corrected chi connectivity index (χ1v) is 6.87. The number of ketones is 1. The van der Waals surface area contributed by atoms with Crippen LogP contribution in [0, 0.1) is 5.92 Å². The molecule has 0 aromatic heterocycles. The zero-order chi connectivity index (χ0) is 15.0. The molecule has 5 heteroatoms. The molecule has 0 bridgehead atoms. The van der Waals surface area contributed by atoms with Crippen LogP contribution in [-0.2, 0) is 0 Å². The summed E-state index contributed by atoms with van der Waals surface area (Å²) in [5.74, 6) is -0.454. The highest BCUT2D eigenvalue weighted by atomic mass is 35.5. The van der Waals surface area contributed by atoms with Gasteiger partial charge in [0, 0.05) is 16.1 Å². The summed E-state index contributed by atoms with van der Waals surface area (Å²) < 4.78 is 5.53. The highest BCUT2D eigenvalue weighted by Gasteiger charge is 2.35. The lowest BCUT2D eigenvalue weighted by Crippen LogP contribution is -2.32. The van der Waals surface area contributed by atoms with Gasteiger partial charge in [-0.3, -0.25) is 4.79 Å². The zero-order valence-corrected chi connectivity index (χ0v) is 11.7. The number of fused-ring (bicyclic) bond motifs is 1. The largest absolute Gasteiger partial charge is 0.508 e. The Bertz CT molecular complexity index is 698. The highest BCUT2D eigenvalue weighted by molar-refractivity contribution is 6.30. The van der Waals surface area contributed by atoms with Gasteiger partial charge in [0.15, 0.2) is 5.78 Å². The van der Waals surface area contributed by atoms with Crippen LogP contribution < -0.4 is 4.74 Å². The number of rotatable bonds is 2. The fourth-order valence-electron chi connectivity index (χ4n) is 2.46. The average Bonchev–Trinajstić information content (AvgIpc) is 2.47. The number of carbonyl (C=O) groups is 1. The van der Waals surface area contributed by atoms with Crippen molar-refractivity contribution in [2.24, 2.45) is 5.92 Å². The molecule has 2 aromatic rings. The van der Waals surface area contributed by atoms with Gasteiger partial charge in [0.25, 0.3) is 0 Å². The molecule has 0 fully saturated rings. The fourth-order valence-corrected chi connectivity index (χ4v) is 2.64. The number of aliphatic hydroxyl groups excluding tert-OH is 1. The van der Waals surface area contributed by atoms with E-state index in [1.807, 2.05) is 0 Å². The molecule has 4 nitrogen and oxygen atoms in total. The van der Waals surface area contributed by atoms with Gasteiger partial charge in [-0.2, -0.15) is 0 Å². The minimum absolute atomic E-state index is 0.00973. The van der Waals surface area contributed by atoms with E-state index in [1.165, 1.54) is 12.1 Å². The van der Waals surface area contributed by atoms with E-state index in [1.54, 1.807) is 30.3 Å². The van der Waals surface area contributed by atoms with E-state index in [4.69, 9.17) is 16.3 Å². The third kappa shape index (κ3) is 2.60. The molecule has 2 unspecified atom stereocenters. The third-order valence-electron chi connectivity index (χ3n) is 3.56. The predicted octanol–water partition coefficient (Wildman–Crippen LogP) is 2.97. The number of benzene rings is 2. The first-order chi connectivity index (χ1) is 10.1. The lowest BCUT2D eigenvalue weighted by molar-refractivity contribution is 0.0418. The molecule has 108 valence electrons. The lowest BCUT2D eigenvalue weighted by Gasteiger charge is -2.29. The average molecular weight is 305 g/mol. The molecule has 0 saturated heterocycles. The molecule has 1 aliphatic heterocycles. The SMILES string of the molecule is O=C(c1cccc(O)c1)C1COc2ccc(Cl)cc2C1O. The Morgan fingerprint density at radius 3 is 2.81 bits per heavy atom. The maximum absolute atomic E-state index is 12.5. The van der Waals surface area contributed by atoms with Crippen molar-refractivity contribution in [3.8, 4) is 11.5 Å². The molecule has 1 aliphatic rings. The minimum Gasteiger partial charge on any atom is -0.508 e. The number of halogens is 1. The standard InChI is InChI=1S/C16H13ClO4/c17-10-4-5-14-12(7-10)16(20)13(8-21-14)15(19)9-2-1-3-11(18)6-9/h1-7,13,16,18,20H,8H2. The summed E-state index contributed by atoms with van der Waals surface area (Å²) in [6, 6.07) is 11.0. The summed E-state index contributed by atoms with van der Waals surface area (Å²) in [4.78, 5) is 12.5. The molecule has 2 aromatic carbocycles. The van der Waals surface area contributed by atoms with Gasteiger partial charge in [0.2, 0.25) is 0 Å². The van der Waals surface area contributed by atoms with Crippen molar-refractivity contribution >= 4 is 17.4 Å². The molecule has 0 radical (unpaired) electrons. The number of hydrogen-bond acceptors (Lipinski definition) is 4. The van der Waals surface area contributed by atoms with Gasteiger partial charge in [-0.15, -0.1) is 0 Å². The zero-order valence-electron chi connectivity index (χ0n) is 11.0. The number of Topliss-reactive ketones (excluding diaryl/α,β-unsaturated/α-hetero) is 1. The van der Waals surface area contributed by atoms with Gasteiger partial charge in [0.1, 0.15) is 18.1 Å². The highest BCUT2D eigenvalue weighted by Crippen LogP contribution is 2.38. The smallest absolute Gasteiger partial charge is 0.172 e. The Morgan fingerprint density at radius 1 is 1.24 bits per heavy atom. The summed E-state index contributed by atoms with van der Waals surface area (Å²) in [5, 5.41) is 20.4. The van der Waals surface area contributed by atoms with E-state index in [2.05, 4.69) is 0 Å². The van der Waals surface area contributed by atoms with Crippen molar-refractivity contribution in [2.45, 2.75) is 6.10 Å². The molecular formula is C16H13ClO4. The quantitative estimate of drug-likeness (QED) is 0.837. The van der Waals surface area contributed by atoms with E-state index in [-0.39, 0.29) is 18.1 Å². The number of phenolic OH excluding ortho intramolecular Hbond substituents is 1. The summed E-state index contributed by atoms with van der Waals surface area (Å²) >= 11 is 5.92. The minimum atomic E-state index is -0.984. The molecule has 0 spiro atoms. The second-order valence-electron chi connectivity index (χ2n) is 4.96. The molecule has 0 amide bonds. The van der Waals surface area contributed by atoms with Crippen molar-refractivity contribution in [3.63, 3.8) is 0 Å². The van der Waals surface area contributed by atoms with Crippen LogP contribution in [0.2, 0.25) is 5.02 Å². The topological polar surface area (TPSA) is 66.8 Å². The number of carbonyl (C=O) groups excluding carboxylic acids is 1. The van der Waals surface area contributed by atoms with E-state index in [0.717, 1.165) is 0 Å². The molecule has 21 heavy (non-hydrogen) atoms. The molecular weight excluding hydrogens is 292 g/mol. The van der Waals surface area contributed by atoms with Gasteiger partial charge >= 0.3 is 0 Å². The molecule has 2 N–H and O–H groups in total. The second-order valence-corrected chi connectivity index (χ2v) is 5.40. The van der Waals surface area contributed by atoms with Crippen LogP contribution in [0.1, 0.15) is 22.0 Å². The van der Waals surface area contributed by atoms with Gasteiger partial charge in [-0.1, -0.05) is 23.7 Å². The fraction of sp³-hybridized carbons (Fsp3) is 0.188. The van der Waals surface area contributed by atoms with Crippen LogP contribution in [0.3, 0.4) is 0 Å². The van der Waals surface area contributed by atoms with Crippen LogP contribution >= 0.6 is 11.6 Å². The van der Waals surface area contributed by atoms with Gasteiger partial charge in [-0.05, 0) is 30.3 Å². The Balaban J connectivity index is 1.92. The van der Waals surface area contributed by atoms with Crippen molar-refractivity contribution in [3.05, 3.63) is 58.6 Å². The number of hydrogen-bond donors (Lipinski definition) is 2. The first-order valence-electron chi connectivity index (χ1n) is 6.50. The number of ether oxygens (including phenoxy) is 1. The Labute approximate surface area is 126 Å². The maximum atomic E-state index is 12.5. The summed E-state index contributed by atoms with van der Waals surface area (Å²) in [5.41, 5.74) is 0.848. The molecule has 3 rings (SSSR count). The maximum Gasteiger partial charge on any atom is 0.172 e. The summed E-state index contributed by atoms with van der Waals surface area (Å²) in [7, 11) is 0. The molecule has 2 atom stereocenters. The van der Waals surface area contributed by atoms with Crippen molar-refractivity contribution < 1.29 is 19.7 Å². The van der Waals surface area contributed by atoms with Crippen molar-refractivity contribution in [2.75, 3.05) is 6.61 Å². The Morgan fingerprint density at radius 2 is 2.05 bits per heavy atom. The van der Waals surface area contributed by atoms with Crippen LogP contribution in [0.15, 0.2) is 42.5 Å². The summed E-state index contributed by atoms with van der Waals surface area (Å²) in [6.45, 7) is 0.0876. The van der Waals surface area contributed by atoms with Crippen LogP contribution in [0.25, 0.3) is 0 Å². The van der Waals surface area contributed by atoms with Gasteiger partial charge in [0.05, 0.1) is 12.0 Å². The third-order valence-corrected chi connectivity index (χ3v) is 3.79. The van der Waals surface area contributed by atoms with E-state index >= 15 is 0 Å². The van der Waals surface area contributed by atoms with Gasteiger partial charge in [-0.25, -0.2) is 0 Å². The lowest BCUT2D eigenvalue weighted by atomic mass is 9.87. The summed E-state index contributed by atoms with van der Waals surface area (Å²) in [6.07, 6.45) is -0.984. The van der Waals surface area contributed by atoms with E-state index in [9.17, 15) is 15.0 Å². The predicted molar refractivity (Wildman–Crippen MR) is 77.8 cm³/mol. The number of aromatic hydroxyl groups is 1. The number of phenols is 1. The Kier molecular flexibility index (Phi) is 3.57. The van der Waals surface area contributed by atoms with E-state index < -0.39 is 12.0 Å². The van der Waals surface area contributed by atoms with Crippen molar-refractivity contribution in [1.82, 2.24) is 0 Å². The molecule has 1 heterocycles. The first kappa shape index (κ1) is 13.9. The van der Waals surface area contributed by atoms with Crippen LogP contribution in [-0.4, -0.2) is 22.6 Å². The monoisotopic (exact) mass is 304 g/mol. The molecule has 0 aliphatic carbocycles. The van der Waals surface area contributed by atoms with E-state index in [0.29, 0.717) is 21.9 Å². The second kappa shape index (κ2) is 5.39. The normalized spacial score (nSPS) is 20.5. The number of aliphatic hydroxyl groups is 1.